The van der Waals surface area contributed by atoms with Crippen molar-refractivity contribution in [3.8, 4) is 16.9 Å². The van der Waals surface area contributed by atoms with E-state index in [0.717, 1.165) is 22.6 Å². The van der Waals surface area contributed by atoms with E-state index in [0.29, 0.717) is 10.7 Å². The summed E-state index contributed by atoms with van der Waals surface area (Å²) < 4.78 is 10.3. The Balaban J connectivity index is 1.32. The van der Waals surface area contributed by atoms with Crippen LogP contribution in [-0.2, 0) is 4.74 Å². The van der Waals surface area contributed by atoms with Crippen LogP contribution >= 0.6 is 11.3 Å². The fourth-order valence-electron chi connectivity index (χ4n) is 2.99. The van der Waals surface area contributed by atoms with Gasteiger partial charge in [0.15, 0.2) is 23.2 Å². The van der Waals surface area contributed by atoms with Gasteiger partial charge in [0.25, 0.3) is 0 Å². The zero-order valence-electron chi connectivity index (χ0n) is 17.3. The molecule has 6 nitrogen and oxygen atoms in total. The van der Waals surface area contributed by atoms with Crippen molar-refractivity contribution in [3.05, 3.63) is 95.5 Å². The highest BCUT2D eigenvalue weighted by Gasteiger charge is 2.15. The molecule has 1 N–H and O–H groups in total. The van der Waals surface area contributed by atoms with Crippen molar-refractivity contribution >= 4 is 33.9 Å². The number of methoxy groups -OCH3 is 1. The number of hydrogen-bond acceptors (Lipinski definition) is 7. The van der Waals surface area contributed by atoms with Gasteiger partial charge in [-0.2, -0.15) is 0 Å². The van der Waals surface area contributed by atoms with Crippen LogP contribution in [-0.4, -0.2) is 30.5 Å². The highest BCUT2D eigenvalue weighted by Crippen LogP contribution is 2.23. The largest absolute Gasteiger partial charge is 0.497 e. The SMILES string of the molecule is COc1ccc(Nc2nc(C(=O)OCC(=O)c3ccc(-c4ccccc4)cc3)cs2)cc1. The van der Waals surface area contributed by atoms with Gasteiger partial charge >= 0.3 is 5.97 Å². The summed E-state index contributed by atoms with van der Waals surface area (Å²) in [7, 11) is 1.60. The number of thiazole rings is 1. The molecular formula is C25H20N2O4S. The van der Waals surface area contributed by atoms with E-state index < -0.39 is 5.97 Å². The second-order valence-corrected chi connectivity index (χ2v) is 7.69. The average Bonchev–Trinajstić information content (AvgIpc) is 3.32. The minimum atomic E-state index is -0.640. The summed E-state index contributed by atoms with van der Waals surface area (Å²) in [6.45, 7) is -0.345. The zero-order valence-corrected chi connectivity index (χ0v) is 18.1. The smallest absolute Gasteiger partial charge is 0.358 e. The highest BCUT2D eigenvalue weighted by molar-refractivity contribution is 7.14. The summed E-state index contributed by atoms with van der Waals surface area (Å²) in [4.78, 5) is 28.9. The van der Waals surface area contributed by atoms with Crippen LogP contribution in [0.25, 0.3) is 11.1 Å². The number of Topliss-reactive ketones (excluding diaryl/α,β-unsaturated/α-hetero) is 1. The molecule has 4 aromatic rings. The van der Waals surface area contributed by atoms with Gasteiger partial charge in [-0.25, -0.2) is 9.78 Å². The summed E-state index contributed by atoms with van der Waals surface area (Å²) in [6.07, 6.45) is 0. The molecule has 0 unspecified atom stereocenters. The van der Waals surface area contributed by atoms with Gasteiger partial charge in [0.1, 0.15) is 5.75 Å². The Bertz CT molecular complexity index is 1200. The van der Waals surface area contributed by atoms with E-state index in [4.69, 9.17) is 9.47 Å². The van der Waals surface area contributed by atoms with Crippen molar-refractivity contribution in [3.63, 3.8) is 0 Å². The minimum Gasteiger partial charge on any atom is -0.497 e. The van der Waals surface area contributed by atoms with Crippen molar-refractivity contribution in [1.82, 2.24) is 4.98 Å². The topological polar surface area (TPSA) is 77.5 Å². The first-order valence-electron chi connectivity index (χ1n) is 9.85. The fourth-order valence-corrected chi connectivity index (χ4v) is 3.69. The normalized spacial score (nSPS) is 10.4. The van der Waals surface area contributed by atoms with Crippen LogP contribution in [0.5, 0.6) is 5.75 Å². The van der Waals surface area contributed by atoms with E-state index >= 15 is 0 Å². The van der Waals surface area contributed by atoms with Crippen LogP contribution < -0.4 is 10.1 Å². The molecule has 160 valence electrons. The fraction of sp³-hybridized carbons (Fsp3) is 0.0800. The number of nitrogens with zero attached hydrogens (tertiary/aromatic N) is 1. The molecule has 0 amide bonds. The van der Waals surface area contributed by atoms with Crippen molar-refractivity contribution in [2.24, 2.45) is 0 Å². The lowest BCUT2D eigenvalue weighted by Crippen LogP contribution is -2.14. The number of benzene rings is 3. The molecule has 4 rings (SSSR count). The monoisotopic (exact) mass is 444 g/mol. The van der Waals surface area contributed by atoms with Gasteiger partial charge in [0.05, 0.1) is 7.11 Å². The Morgan fingerprint density at radius 1 is 0.906 bits per heavy atom. The van der Waals surface area contributed by atoms with Crippen LogP contribution in [0.2, 0.25) is 0 Å². The summed E-state index contributed by atoms with van der Waals surface area (Å²) in [5.41, 5.74) is 3.53. The van der Waals surface area contributed by atoms with Gasteiger partial charge in [-0.1, -0.05) is 54.6 Å². The molecule has 0 bridgehead atoms. The van der Waals surface area contributed by atoms with Crippen LogP contribution in [0.15, 0.2) is 84.2 Å². The maximum absolute atomic E-state index is 12.4. The number of ketones is 1. The molecule has 0 atom stereocenters. The van der Waals surface area contributed by atoms with Gasteiger partial charge in [0, 0.05) is 16.6 Å². The highest BCUT2D eigenvalue weighted by atomic mass is 32.1. The third-order valence-corrected chi connectivity index (χ3v) is 5.46. The number of ether oxygens (including phenoxy) is 2. The number of rotatable bonds is 8. The first-order chi connectivity index (χ1) is 15.6. The van der Waals surface area contributed by atoms with E-state index in [1.807, 2.05) is 66.7 Å². The Hall–Kier alpha value is -3.97. The number of carbonyl (C=O) groups excluding carboxylic acids is 2. The van der Waals surface area contributed by atoms with Crippen LogP contribution in [0.3, 0.4) is 0 Å². The second-order valence-electron chi connectivity index (χ2n) is 6.83. The molecule has 0 radical (unpaired) electrons. The Kier molecular flexibility index (Phi) is 6.57. The van der Waals surface area contributed by atoms with Gasteiger partial charge in [-0.3, -0.25) is 4.79 Å². The molecule has 0 fully saturated rings. The van der Waals surface area contributed by atoms with Gasteiger partial charge in [-0.05, 0) is 35.4 Å². The van der Waals surface area contributed by atoms with E-state index in [-0.39, 0.29) is 18.1 Å². The Labute approximate surface area is 189 Å². The third-order valence-electron chi connectivity index (χ3n) is 4.70. The molecule has 7 heteroatoms. The molecule has 0 saturated carbocycles. The van der Waals surface area contributed by atoms with Crippen LogP contribution in [0, 0.1) is 0 Å². The maximum atomic E-state index is 12.4. The predicted molar refractivity (Wildman–Crippen MR) is 125 cm³/mol. The van der Waals surface area contributed by atoms with E-state index in [1.165, 1.54) is 11.3 Å². The van der Waals surface area contributed by atoms with E-state index in [9.17, 15) is 9.59 Å². The zero-order chi connectivity index (χ0) is 22.3. The first kappa shape index (κ1) is 21.3. The van der Waals surface area contributed by atoms with Gasteiger partial charge in [-0.15, -0.1) is 11.3 Å². The molecule has 32 heavy (non-hydrogen) atoms. The van der Waals surface area contributed by atoms with Crippen LogP contribution in [0.1, 0.15) is 20.8 Å². The number of hydrogen-bond donors (Lipinski definition) is 1. The molecule has 3 aromatic carbocycles. The number of esters is 1. The number of nitrogens with one attached hydrogen (secondary N) is 1. The number of anilines is 2. The Morgan fingerprint density at radius 2 is 1.59 bits per heavy atom. The van der Waals surface area contributed by atoms with Crippen molar-refractivity contribution in [2.75, 3.05) is 19.0 Å². The molecule has 0 spiro atoms. The quantitative estimate of drug-likeness (QED) is 0.281. The molecule has 1 heterocycles. The number of carbonyl (C=O) groups is 2. The molecule has 0 aliphatic heterocycles. The third kappa shape index (κ3) is 5.19. The van der Waals surface area contributed by atoms with Crippen molar-refractivity contribution in [2.45, 2.75) is 0 Å². The molecule has 0 aliphatic rings. The predicted octanol–water partition coefficient (Wildman–Crippen LogP) is 5.60. The molecular weight excluding hydrogens is 424 g/mol. The van der Waals surface area contributed by atoms with E-state index in [1.54, 1.807) is 24.6 Å². The summed E-state index contributed by atoms with van der Waals surface area (Å²) in [5.74, 6) is -0.165. The lowest BCUT2D eigenvalue weighted by Gasteiger charge is -2.05. The molecule has 0 saturated heterocycles. The molecule has 0 aliphatic carbocycles. The van der Waals surface area contributed by atoms with E-state index in [2.05, 4.69) is 10.3 Å². The standard InChI is InChI=1S/C25H20N2O4S/c1-30-21-13-11-20(12-14-21)26-25-27-22(16-32-25)24(29)31-15-23(28)19-9-7-18(8-10-19)17-5-3-2-4-6-17/h2-14,16H,15H2,1H3,(H,26,27). The van der Waals surface area contributed by atoms with Gasteiger partial charge < -0.3 is 14.8 Å². The average molecular weight is 445 g/mol. The van der Waals surface area contributed by atoms with Crippen molar-refractivity contribution < 1.29 is 19.1 Å². The summed E-state index contributed by atoms with van der Waals surface area (Å²) in [5, 5.41) is 5.25. The Morgan fingerprint density at radius 3 is 2.28 bits per heavy atom. The van der Waals surface area contributed by atoms with Crippen LogP contribution in [0.4, 0.5) is 10.8 Å². The minimum absolute atomic E-state index is 0.151. The number of aromatic nitrogens is 1. The van der Waals surface area contributed by atoms with Crippen molar-refractivity contribution in [1.29, 1.82) is 0 Å². The lowest BCUT2D eigenvalue weighted by molar-refractivity contribution is 0.0470. The van der Waals surface area contributed by atoms with Gasteiger partial charge in [0.2, 0.25) is 0 Å². The second kappa shape index (κ2) is 9.89. The summed E-state index contributed by atoms with van der Waals surface area (Å²) in [6, 6.07) is 24.5. The summed E-state index contributed by atoms with van der Waals surface area (Å²) >= 11 is 1.27. The maximum Gasteiger partial charge on any atom is 0.358 e. The molecule has 1 aromatic heterocycles. The lowest BCUT2D eigenvalue weighted by atomic mass is 10.0. The first-order valence-corrected chi connectivity index (χ1v) is 10.7.